The number of aryl methyl sites for hydroxylation is 1. The van der Waals surface area contributed by atoms with Crippen molar-refractivity contribution in [2.45, 2.75) is 13.8 Å². The van der Waals surface area contributed by atoms with E-state index in [1.54, 1.807) is 0 Å². The first-order valence-electron chi connectivity index (χ1n) is 8.51. The van der Waals surface area contributed by atoms with Crippen LogP contribution in [0.3, 0.4) is 0 Å². The molecule has 0 atom stereocenters. The number of hydrogen-bond acceptors (Lipinski definition) is 2. The summed E-state index contributed by atoms with van der Waals surface area (Å²) in [7, 11) is -4.52. The van der Waals surface area contributed by atoms with Crippen LogP contribution >= 0.6 is 7.29 Å². The fourth-order valence-electron chi connectivity index (χ4n) is 3.66. The molecule has 128 valence electrons. The molecule has 0 aromatic heterocycles. The quantitative estimate of drug-likeness (QED) is 0.605. The van der Waals surface area contributed by atoms with Crippen LogP contribution in [0.2, 0.25) is 0 Å². The fourth-order valence-corrected chi connectivity index (χ4v) is 7.76. The van der Waals surface area contributed by atoms with Gasteiger partial charge in [0, 0.05) is 0 Å². The second-order valence-corrected chi connectivity index (χ2v) is 9.82. The second kappa shape index (κ2) is 5.57. The normalized spacial score (nSPS) is 18.7. The van der Waals surface area contributed by atoms with E-state index in [-0.39, 0.29) is 0 Å². The van der Waals surface area contributed by atoms with Gasteiger partial charge in [0.15, 0.2) is 0 Å². The molecule has 0 spiro atoms. The Balaban J connectivity index is 2.08. The van der Waals surface area contributed by atoms with E-state index in [0.29, 0.717) is 22.9 Å². The Morgan fingerprint density at radius 3 is 1.96 bits per heavy atom. The number of hydrogen-bond donors (Lipinski definition) is 0. The topological polar surface area (TPSA) is 12.5 Å². The molecule has 25 heavy (non-hydrogen) atoms. The Morgan fingerprint density at radius 1 is 0.880 bits per heavy atom. The van der Waals surface area contributed by atoms with Crippen LogP contribution in [0, 0.1) is 6.92 Å². The number of anilines is 1. The third-order valence-corrected chi connectivity index (χ3v) is 9.07. The van der Waals surface area contributed by atoms with Gasteiger partial charge in [-0.3, -0.25) is 0 Å². The standard InChI is InChI=1S/C21H21FNOP/c1-3-23-20-16-17(2)14-15-21(20)24-25(23,22,18-10-6-4-7-11-18)19-12-8-5-9-13-19/h4-16H,3H2,1-2H3. The van der Waals surface area contributed by atoms with E-state index < -0.39 is 7.29 Å². The summed E-state index contributed by atoms with van der Waals surface area (Å²) >= 11 is 0. The zero-order chi connectivity index (χ0) is 17.5. The summed E-state index contributed by atoms with van der Waals surface area (Å²) in [4.78, 5) is 0. The van der Waals surface area contributed by atoms with Crippen LogP contribution in [-0.2, 0) is 0 Å². The number of fused-ring (bicyclic) bond motifs is 1. The predicted molar refractivity (Wildman–Crippen MR) is 105 cm³/mol. The van der Waals surface area contributed by atoms with Gasteiger partial charge in [-0.1, -0.05) is 0 Å². The maximum atomic E-state index is 17.6. The summed E-state index contributed by atoms with van der Waals surface area (Å²) in [5.41, 5.74) is 1.92. The third kappa shape index (κ3) is 2.12. The molecule has 0 unspecified atom stereocenters. The predicted octanol–water partition coefficient (Wildman–Crippen LogP) is 5.13. The van der Waals surface area contributed by atoms with E-state index in [1.807, 2.05) is 97.4 Å². The van der Waals surface area contributed by atoms with E-state index in [1.165, 1.54) is 0 Å². The molecule has 0 amide bonds. The molecule has 3 aromatic carbocycles. The van der Waals surface area contributed by atoms with Gasteiger partial charge in [-0.25, -0.2) is 0 Å². The molecule has 0 saturated carbocycles. The van der Waals surface area contributed by atoms with Crippen molar-refractivity contribution in [2.75, 3.05) is 11.2 Å². The average molecular weight is 353 g/mol. The number of rotatable bonds is 3. The van der Waals surface area contributed by atoms with Crippen molar-refractivity contribution in [2.24, 2.45) is 0 Å². The molecule has 0 N–H and O–H groups in total. The maximum absolute atomic E-state index is 17.6. The third-order valence-electron chi connectivity index (χ3n) is 4.80. The van der Waals surface area contributed by atoms with Crippen molar-refractivity contribution in [1.82, 2.24) is 0 Å². The molecule has 0 radical (unpaired) electrons. The zero-order valence-corrected chi connectivity index (χ0v) is 15.3. The van der Waals surface area contributed by atoms with E-state index in [4.69, 9.17) is 4.52 Å². The Hall–Kier alpha value is -2.38. The first-order chi connectivity index (χ1) is 12.1. The van der Waals surface area contributed by atoms with Crippen LogP contribution in [0.15, 0.2) is 78.9 Å². The molecule has 0 fully saturated rings. The molecule has 0 aliphatic carbocycles. The van der Waals surface area contributed by atoms with Gasteiger partial charge in [0.25, 0.3) is 0 Å². The van der Waals surface area contributed by atoms with Crippen molar-refractivity contribution in [3.05, 3.63) is 84.4 Å². The molecule has 1 heterocycles. The van der Waals surface area contributed by atoms with E-state index in [2.05, 4.69) is 0 Å². The summed E-state index contributed by atoms with van der Waals surface area (Å²) in [6.07, 6.45) is 0. The summed E-state index contributed by atoms with van der Waals surface area (Å²) in [5.74, 6) is 0.611. The van der Waals surface area contributed by atoms with Gasteiger partial charge in [-0.15, -0.1) is 0 Å². The van der Waals surface area contributed by atoms with Crippen LogP contribution in [-0.4, -0.2) is 6.54 Å². The van der Waals surface area contributed by atoms with E-state index in [0.717, 1.165) is 11.3 Å². The van der Waals surface area contributed by atoms with Gasteiger partial charge in [0.05, 0.1) is 0 Å². The summed E-state index contributed by atoms with van der Waals surface area (Å²) < 4.78 is 25.7. The van der Waals surface area contributed by atoms with Crippen LogP contribution < -0.4 is 19.8 Å². The number of halogens is 1. The Kier molecular flexibility index (Phi) is 3.59. The van der Waals surface area contributed by atoms with Crippen molar-refractivity contribution in [3.63, 3.8) is 0 Å². The molecule has 3 aromatic rings. The van der Waals surface area contributed by atoms with Crippen molar-refractivity contribution in [1.29, 1.82) is 0 Å². The summed E-state index contributed by atoms with van der Waals surface area (Å²) in [5, 5.41) is 1.19. The Labute approximate surface area is 148 Å². The molecule has 2 nitrogen and oxygen atoms in total. The van der Waals surface area contributed by atoms with Crippen LogP contribution in [0.25, 0.3) is 0 Å². The minimum atomic E-state index is -4.52. The van der Waals surface area contributed by atoms with Crippen LogP contribution in [0.5, 0.6) is 5.75 Å². The molecule has 4 rings (SSSR count). The van der Waals surface area contributed by atoms with Gasteiger partial charge in [0.2, 0.25) is 0 Å². The zero-order valence-electron chi connectivity index (χ0n) is 14.4. The Morgan fingerprint density at radius 2 is 1.44 bits per heavy atom. The average Bonchev–Trinajstić information content (AvgIpc) is 2.93. The van der Waals surface area contributed by atoms with Gasteiger partial charge in [0.1, 0.15) is 0 Å². The van der Waals surface area contributed by atoms with E-state index >= 15 is 4.20 Å². The van der Waals surface area contributed by atoms with Gasteiger partial charge >= 0.3 is 148 Å². The van der Waals surface area contributed by atoms with Crippen LogP contribution in [0.1, 0.15) is 12.5 Å². The molecule has 1 aliphatic heterocycles. The van der Waals surface area contributed by atoms with Gasteiger partial charge in [-0.05, 0) is 0 Å². The summed E-state index contributed by atoms with van der Waals surface area (Å²) in [6.45, 7) is 4.52. The molecular formula is C21H21FNOP. The van der Waals surface area contributed by atoms with E-state index in [9.17, 15) is 0 Å². The molecular weight excluding hydrogens is 332 g/mol. The van der Waals surface area contributed by atoms with Crippen LogP contribution in [0.4, 0.5) is 9.88 Å². The van der Waals surface area contributed by atoms with Crippen molar-refractivity contribution < 1.29 is 8.72 Å². The monoisotopic (exact) mass is 353 g/mol. The molecule has 0 saturated heterocycles. The first-order valence-corrected chi connectivity index (χ1v) is 10.5. The number of nitrogens with zero attached hydrogens (tertiary/aromatic N) is 1. The SMILES string of the molecule is CCN1c2cc(C)ccc2OP1(F)(c1ccccc1)c1ccccc1. The van der Waals surface area contributed by atoms with Crippen molar-refractivity contribution in [3.8, 4) is 5.75 Å². The van der Waals surface area contributed by atoms with Gasteiger partial charge < -0.3 is 0 Å². The first kappa shape index (κ1) is 16.1. The van der Waals surface area contributed by atoms with Gasteiger partial charge in [-0.2, -0.15) is 0 Å². The summed E-state index contributed by atoms with van der Waals surface area (Å²) in [6, 6.07) is 24.5. The van der Waals surface area contributed by atoms with Crippen molar-refractivity contribution >= 4 is 23.6 Å². The fraction of sp³-hybridized carbons (Fsp3) is 0.143. The molecule has 0 bridgehead atoms. The second-order valence-electron chi connectivity index (χ2n) is 6.34. The minimum absolute atomic E-state index is 0.522. The molecule has 4 heteroatoms. The Bertz CT molecular complexity index is 874. The molecule has 1 aliphatic rings. The number of benzene rings is 3.